The van der Waals surface area contributed by atoms with Gasteiger partial charge in [0.2, 0.25) is 5.91 Å². The number of nitrogens with one attached hydrogen (secondary N) is 1. The number of amides is 1. The molecular formula is C13H19BrN2O3. The van der Waals surface area contributed by atoms with Crippen LogP contribution in [-0.2, 0) is 9.53 Å². The van der Waals surface area contributed by atoms with Gasteiger partial charge >= 0.3 is 0 Å². The van der Waals surface area contributed by atoms with Gasteiger partial charge in [-0.15, -0.1) is 0 Å². The molecule has 0 aliphatic rings. The molecule has 106 valence electrons. The summed E-state index contributed by atoms with van der Waals surface area (Å²) in [6, 6.07) is 6.12. The van der Waals surface area contributed by atoms with Crippen molar-refractivity contribution in [3.63, 3.8) is 0 Å². The average Bonchev–Trinajstić information content (AvgIpc) is 2.37. The number of benzene rings is 1. The lowest BCUT2D eigenvalue weighted by molar-refractivity contribution is -0.122. The number of methoxy groups -OCH3 is 1. The van der Waals surface area contributed by atoms with E-state index in [9.17, 15) is 4.79 Å². The van der Waals surface area contributed by atoms with E-state index in [0.29, 0.717) is 13.2 Å². The molecule has 0 heterocycles. The van der Waals surface area contributed by atoms with Crippen molar-refractivity contribution in [3.05, 3.63) is 28.2 Å². The number of primary amides is 1. The van der Waals surface area contributed by atoms with Crippen LogP contribution in [0.2, 0.25) is 0 Å². The zero-order chi connectivity index (χ0) is 14.3. The van der Waals surface area contributed by atoms with Crippen molar-refractivity contribution >= 4 is 21.8 Å². The minimum absolute atomic E-state index is 0.0376. The van der Waals surface area contributed by atoms with Gasteiger partial charge in [-0.25, -0.2) is 0 Å². The Morgan fingerprint density at radius 3 is 2.84 bits per heavy atom. The van der Waals surface area contributed by atoms with Gasteiger partial charge in [-0.2, -0.15) is 0 Å². The summed E-state index contributed by atoms with van der Waals surface area (Å²) < 4.78 is 11.2. The van der Waals surface area contributed by atoms with Crippen LogP contribution in [0.25, 0.3) is 0 Å². The number of nitrogens with two attached hydrogens (primary N) is 1. The van der Waals surface area contributed by atoms with E-state index < -0.39 is 5.91 Å². The van der Waals surface area contributed by atoms with Crippen molar-refractivity contribution in [2.45, 2.75) is 13.0 Å². The van der Waals surface area contributed by atoms with E-state index >= 15 is 0 Å². The molecule has 0 fully saturated rings. The van der Waals surface area contributed by atoms with Gasteiger partial charge in [0, 0.05) is 12.6 Å². The van der Waals surface area contributed by atoms with Crippen molar-refractivity contribution in [1.82, 2.24) is 5.32 Å². The molecule has 3 N–H and O–H groups in total. The zero-order valence-electron chi connectivity index (χ0n) is 11.1. The van der Waals surface area contributed by atoms with E-state index in [4.69, 9.17) is 15.2 Å². The summed E-state index contributed by atoms with van der Waals surface area (Å²) >= 11 is 3.46. The lowest BCUT2D eigenvalue weighted by Gasteiger charge is -2.15. The molecule has 5 nitrogen and oxygen atoms in total. The number of halogens is 1. The monoisotopic (exact) mass is 330 g/mol. The first-order chi connectivity index (χ1) is 9.04. The van der Waals surface area contributed by atoms with E-state index in [0.717, 1.165) is 15.8 Å². The number of rotatable bonds is 8. The second kappa shape index (κ2) is 8.14. The van der Waals surface area contributed by atoms with Crippen LogP contribution in [0.15, 0.2) is 22.7 Å². The lowest BCUT2D eigenvalue weighted by Crippen LogP contribution is -2.26. The molecule has 1 unspecified atom stereocenters. The fourth-order valence-electron chi connectivity index (χ4n) is 1.59. The van der Waals surface area contributed by atoms with Crippen LogP contribution in [0.3, 0.4) is 0 Å². The van der Waals surface area contributed by atoms with Crippen molar-refractivity contribution in [3.8, 4) is 5.75 Å². The van der Waals surface area contributed by atoms with Crippen LogP contribution in [0, 0.1) is 0 Å². The topological polar surface area (TPSA) is 73.6 Å². The third-order valence-corrected chi connectivity index (χ3v) is 3.24. The van der Waals surface area contributed by atoms with Gasteiger partial charge < -0.3 is 20.5 Å². The predicted octanol–water partition coefficient (Wildman–Crippen LogP) is 1.61. The molecule has 0 aromatic heterocycles. The largest absolute Gasteiger partial charge is 0.496 e. The lowest BCUT2D eigenvalue weighted by atomic mass is 10.1. The fraction of sp³-hybridized carbons (Fsp3) is 0.462. The Hall–Kier alpha value is -1.11. The minimum Gasteiger partial charge on any atom is -0.496 e. The number of carbonyl (C=O) groups excluding carboxylic acids is 1. The third-order valence-electron chi connectivity index (χ3n) is 2.62. The maximum atomic E-state index is 10.5. The molecule has 0 bridgehead atoms. The summed E-state index contributed by atoms with van der Waals surface area (Å²) in [5.41, 5.74) is 6.11. The Labute approximate surface area is 121 Å². The van der Waals surface area contributed by atoms with Gasteiger partial charge in [-0.05, 0) is 40.5 Å². The van der Waals surface area contributed by atoms with Gasteiger partial charge in [0.15, 0.2) is 0 Å². The smallest absolute Gasteiger partial charge is 0.243 e. The highest BCUT2D eigenvalue weighted by Gasteiger charge is 2.07. The number of hydrogen-bond acceptors (Lipinski definition) is 4. The first-order valence-corrected chi connectivity index (χ1v) is 6.76. The number of hydrogen-bond donors (Lipinski definition) is 2. The third kappa shape index (κ3) is 5.59. The molecule has 0 radical (unpaired) electrons. The highest BCUT2D eigenvalue weighted by Crippen LogP contribution is 2.27. The minimum atomic E-state index is -0.452. The van der Waals surface area contributed by atoms with Crippen molar-refractivity contribution in [1.29, 1.82) is 0 Å². The summed E-state index contributed by atoms with van der Waals surface area (Å²) in [5, 5.41) is 3.30. The van der Waals surface area contributed by atoms with Crippen LogP contribution in [-0.4, -0.2) is 32.8 Å². The Morgan fingerprint density at radius 2 is 2.26 bits per heavy atom. The molecule has 0 saturated carbocycles. The van der Waals surface area contributed by atoms with Gasteiger partial charge in [0.05, 0.1) is 18.2 Å². The van der Waals surface area contributed by atoms with E-state index in [1.54, 1.807) is 7.11 Å². The Morgan fingerprint density at radius 1 is 1.53 bits per heavy atom. The molecule has 0 aliphatic heterocycles. The standard InChI is InChI=1S/C13H19BrN2O3/c1-9(16-5-6-19-8-13(15)17)10-3-4-12(18-2)11(14)7-10/h3-4,7,9,16H,5-6,8H2,1-2H3,(H2,15,17). The Balaban J connectivity index is 2.39. The molecule has 1 rings (SSSR count). The van der Waals surface area contributed by atoms with Gasteiger partial charge in [-0.3, -0.25) is 4.79 Å². The second-order valence-corrected chi connectivity index (χ2v) is 4.94. The summed E-state index contributed by atoms with van der Waals surface area (Å²) in [4.78, 5) is 10.5. The molecule has 1 atom stereocenters. The molecule has 0 aliphatic carbocycles. The van der Waals surface area contributed by atoms with E-state index in [-0.39, 0.29) is 12.6 Å². The highest BCUT2D eigenvalue weighted by molar-refractivity contribution is 9.10. The van der Waals surface area contributed by atoms with Crippen LogP contribution in [0.5, 0.6) is 5.75 Å². The van der Waals surface area contributed by atoms with Crippen LogP contribution in [0.4, 0.5) is 0 Å². The normalized spacial score (nSPS) is 12.2. The Bertz CT molecular complexity index is 426. The second-order valence-electron chi connectivity index (χ2n) is 4.09. The summed E-state index contributed by atoms with van der Waals surface area (Å²) in [6.07, 6.45) is 0. The number of carbonyl (C=O) groups is 1. The predicted molar refractivity (Wildman–Crippen MR) is 77.1 cm³/mol. The maximum absolute atomic E-state index is 10.5. The quantitative estimate of drug-likeness (QED) is 0.710. The van der Waals surface area contributed by atoms with Crippen LogP contribution in [0.1, 0.15) is 18.5 Å². The molecule has 6 heteroatoms. The molecule has 19 heavy (non-hydrogen) atoms. The van der Waals surface area contributed by atoms with Gasteiger partial charge in [-0.1, -0.05) is 6.07 Å². The van der Waals surface area contributed by atoms with E-state index in [1.165, 1.54) is 0 Å². The SMILES string of the molecule is COc1ccc(C(C)NCCOCC(N)=O)cc1Br. The Kier molecular flexibility index (Phi) is 6.83. The first-order valence-electron chi connectivity index (χ1n) is 5.97. The molecular weight excluding hydrogens is 312 g/mol. The molecule has 1 aromatic carbocycles. The first kappa shape index (κ1) is 15.9. The fourth-order valence-corrected chi connectivity index (χ4v) is 2.15. The van der Waals surface area contributed by atoms with E-state index in [2.05, 4.69) is 28.2 Å². The average molecular weight is 331 g/mol. The van der Waals surface area contributed by atoms with Crippen molar-refractivity contribution in [2.75, 3.05) is 26.9 Å². The summed E-state index contributed by atoms with van der Waals surface area (Å²) in [7, 11) is 1.64. The number of ether oxygens (including phenoxy) is 2. The van der Waals surface area contributed by atoms with Crippen molar-refractivity contribution < 1.29 is 14.3 Å². The molecule has 1 aromatic rings. The summed E-state index contributed by atoms with van der Waals surface area (Å²) in [6.45, 7) is 3.12. The van der Waals surface area contributed by atoms with Crippen molar-refractivity contribution in [2.24, 2.45) is 5.73 Å². The molecule has 0 saturated heterocycles. The van der Waals surface area contributed by atoms with Crippen LogP contribution < -0.4 is 15.8 Å². The zero-order valence-corrected chi connectivity index (χ0v) is 12.7. The highest BCUT2D eigenvalue weighted by atomic mass is 79.9. The molecule has 1 amide bonds. The van der Waals surface area contributed by atoms with Gasteiger partial charge in [0.1, 0.15) is 12.4 Å². The maximum Gasteiger partial charge on any atom is 0.243 e. The van der Waals surface area contributed by atoms with E-state index in [1.807, 2.05) is 18.2 Å². The van der Waals surface area contributed by atoms with Crippen LogP contribution >= 0.6 is 15.9 Å². The summed E-state index contributed by atoms with van der Waals surface area (Å²) in [5.74, 6) is 0.355. The van der Waals surface area contributed by atoms with Gasteiger partial charge in [0.25, 0.3) is 0 Å². The molecule has 0 spiro atoms.